The van der Waals surface area contributed by atoms with Crippen molar-refractivity contribution in [3.63, 3.8) is 0 Å². The molecule has 1 saturated heterocycles. The SMILES string of the molecule is NC(=O)CNCC1CCOCO1. The molecule has 1 amide bonds. The van der Waals surface area contributed by atoms with Crippen molar-refractivity contribution < 1.29 is 14.3 Å². The summed E-state index contributed by atoms with van der Waals surface area (Å²) in [7, 11) is 0. The number of primary amides is 1. The number of carbonyl (C=O) groups excluding carboxylic acids is 1. The smallest absolute Gasteiger partial charge is 0.231 e. The van der Waals surface area contributed by atoms with E-state index in [1.807, 2.05) is 0 Å². The zero-order valence-corrected chi connectivity index (χ0v) is 6.91. The fourth-order valence-corrected chi connectivity index (χ4v) is 1.02. The molecule has 1 unspecified atom stereocenters. The summed E-state index contributed by atoms with van der Waals surface area (Å²) in [5, 5.41) is 2.90. The Kier molecular flexibility index (Phi) is 3.99. The van der Waals surface area contributed by atoms with E-state index < -0.39 is 0 Å². The molecule has 1 aliphatic heterocycles. The van der Waals surface area contributed by atoms with Crippen LogP contribution >= 0.6 is 0 Å². The van der Waals surface area contributed by atoms with E-state index >= 15 is 0 Å². The van der Waals surface area contributed by atoms with Crippen molar-refractivity contribution in [2.45, 2.75) is 12.5 Å². The largest absolute Gasteiger partial charge is 0.369 e. The first-order valence-electron chi connectivity index (χ1n) is 3.97. The van der Waals surface area contributed by atoms with Gasteiger partial charge in [0.15, 0.2) is 0 Å². The first kappa shape index (κ1) is 9.44. The Hall–Kier alpha value is -0.650. The lowest BCUT2D eigenvalue weighted by Gasteiger charge is -2.22. The standard InChI is InChI=1S/C7H14N2O3/c8-7(10)4-9-3-6-1-2-11-5-12-6/h6,9H,1-5H2,(H2,8,10). The van der Waals surface area contributed by atoms with Gasteiger partial charge in [-0.25, -0.2) is 0 Å². The lowest BCUT2D eigenvalue weighted by molar-refractivity contribution is -0.137. The normalized spacial score (nSPS) is 23.8. The molecule has 5 nitrogen and oxygen atoms in total. The van der Waals surface area contributed by atoms with E-state index in [9.17, 15) is 4.79 Å². The summed E-state index contributed by atoms with van der Waals surface area (Å²) in [4.78, 5) is 10.3. The predicted octanol–water partition coefficient (Wildman–Crippen LogP) is -1.18. The van der Waals surface area contributed by atoms with Crippen molar-refractivity contribution in [2.24, 2.45) is 5.73 Å². The Bertz CT molecular complexity index is 146. The van der Waals surface area contributed by atoms with Crippen LogP contribution in [0.1, 0.15) is 6.42 Å². The summed E-state index contributed by atoms with van der Waals surface area (Å²) in [6.45, 7) is 1.94. The van der Waals surface area contributed by atoms with E-state index in [0.29, 0.717) is 13.3 Å². The highest BCUT2D eigenvalue weighted by Gasteiger charge is 2.13. The lowest BCUT2D eigenvalue weighted by atomic mass is 10.2. The summed E-state index contributed by atoms with van der Waals surface area (Å²) in [5.74, 6) is -0.345. The maximum absolute atomic E-state index is 10.3. The molecule has 1 atom stereocenters. The van der Waals surface area contributed by atoms with Gasteiger partial charge in [0.25, 0.3) is 0 Å². The zero-order chi connectivity index (χ0) is 8.81. The van der Waals surface area contributed by atoms with Crippen LogP contribution in [-0.2, 0) is 14.3 Å². The van der Waals surface area contributed by atoms with E-state index in [1.54, 1.807) is 0 Å². The summed E-state index contributed by atoms with van der Waals surface area (Å²) in [5.41, 5.74) is 4.94. The lowest BCUT2D eigenvalue weighted by Crippen LogP contribution is -2.37. The molecular formula is C7H14N2O3. The van der Waals surface area contributed by atoms with Gasteiger partial charge < -0.3 is 20.5 Å². The van der Waals surface area contributed by atoms with Gasteiger partial charge in [-0.05, 0) is 6.42 Å². The van der Waals surface area contributed by atoms with Crippen LogP contribution in [0.4, 0.5) is 0 Å². The first-order valence-corrected chi connectivity index (χ1v) is 3.97. The topological polar surface area (TPSA) is 73.6 Å². The number of ether oxygens (including phenoxy) is 2. The van der Waals surface area contributed by atoms with Crippen molar-refractivity contribution in [3.05, 3.63) is 0 Å². The molecule has 0 aromatic carbocycles. The minimum absolute atomic E-state index is 0.151. The van der Waals surface area contributed by atoms with Crippen LogP contribution in [0.5, 0.6) is 0 Å². The molecule has 3 N–H and O–H groups in total. The molecule has 1 heterocycles. The van der Waals surface area contributed by atoms with Gasteiger partial charge in [-0.1, -0.05) is 0 Å². The molecule has 0 bridgehead atoms. The summed E-state index contributed by atoms with van der Waals surface area (Å²) in [6.07, 6.45) is 1.02. The molecular weight excluding hydrogens is 160 g/mol. The van der Waals surface area contributed by atoms with E-state index in [0.717, 1.165) is 13.0 Å². The Morgan fingerprint density at radius 3 is 3.08 bits per heavy atom. The zero-order valence-electron chi connectivity index (χ0n) is 6.91. The van der Waals surface area contributed by atoms with E-state index in [4.69, 9.17) is 15.2 Å². The maximum atomic E-state index is 10.3. The summed E-state index contributed by atoms with van der Waals surface area (Å²) >= 11 is 0. The van der Waals surface area contributed by atoms with Crippen molar-refractivity contribution in [1.82, 2.24) is 5.32 Å². The molecule has 1 aliphatic rings. The van der Waals surface area contributed by atoms with Gasteiger partial charge in [0, 0.05) is 6.54 Å². The Labute approximate surface area is 71.2 Å². The van der Waals surface area contributed by atoms with Gasteiger partial charge in [-0.3, -0.25) is 4.79 Å². The van der Waals surface area contributed by atoms with Crippen LogP contribution < -0.4 is 11.1 Å². The molecule has 0 radical (unpaired) electrons. The third-order valence-electron chi connectivity index (χ3n) is 1.64. The fourth-order valence-electron chi connectivity index (χ4n) is 1.02. The summed E-state index contributed by atoms with van der Waals surface area (Å²) in [6, 6.07) is 0. The number of rotatable bonds is 4. The van der Waals surface area contributed by atoms with Gasteiger partial charge in [0.05, 0.1) is 19.3 Å². The van der Waals surface area contributed by atoms with Gasteiger partial charge in [-0.15, -0.1) is 0 Å². The number of nitrogens with one attached hydrogen (secondary N) is 1. The molecule has 0 aromatic heterocycles. The second kappa shape index (κ2) is 5.08. The molecule has 0 aliphatic carbocycles. The van der Waals surface area contributed by atoms with Gasteiger partial charge in [0.1, 0.15) is 6.79 Å². The molecule has 5 heteroatoms. The molecule has 0 saturated carbocycles. The maximum Gasteiger partial charge on any atom is 0.231 e. The second-order valence-electron chi connectivity index (χ2n) is 2.70. The molecule has 1 fully saturated rings. The predicted molar refractivity (Wildman–Crippen MR) is 42.4 cm³/mol. The third kappa shape index (κ3) is 3.66. The Morgan fingerprint density at radius 1 is 1.67 bits per heavy atom. The molecule has 12 heavy (non-hydrogen) atoms. The minimum atomic E-state index is -0.345. The number of carbonyl (C=O) groups is 1. The summed E-state index contributed by atoms with van der Waals surface area (Å²) < 4.78 is 10.2. The number of nitrogens with two attached hydrogens (primary N) is 1. The third-order valence-corrected chi connectivity index (χ3v) is 1.64. The number of hydrogen-bond donors (Lipinski definition) is 2. The fraction of sp³-hybridized carbons (Fsp3) is 0.857. The molecule has 0 spiro atoms. The van der Waals surface area contributed by atoms with Crippen LogP contribution in [0, 0.1) is 0 Å². The van der Waals surface area contributed by atoms with Gasteiger partial charge in [0.2, 0.25) is 5.91 Å². The molecule has 70 valence electrons. The highest BCUT2D eigenvalue weighted by molar-refractivity contribution is 5.75. The van der Waals surface area contributed by atoms with Crippen LogP contribution in [0.15, 0.2) is 0 Å². The van der Waals surface area contributed by atoms with Gasteiger partial charge in [-0.2, -0.15) is 0 Å². The van der Waals surface area contributed by atoms with Crippen molar-refractivity contribution in [3.8, 4) is 0 Å². The Balaban J connectivity index is 2.01. The van der Waals surface area contributed by atoms with E-state index in [-0.39, 0.29) is 18.6 Å². The molecule has 0 aromatic rings. The molecule has 1 rings (SSSR count). The first-order chi connectivity index (χ1) is 5.79. The van der Waals surface area contributed by atoms with Crippen molar-refractivity contribution in [2.75, 3.05) is 26.5 Å². The van der Waals surface area contributed by atoms with Crippen LogP contribution in [-0.4, -0.2) is 38.5 Å². The van der Waals surface area contributed by atoms with Gasteiger partial charge >= 0.3 is 0 Å². The van der Waals surface area contributed by atoms with Crippen LogP contribution in [0.25, 0.3) is 0 Å². The van der Waals surface area contributed by atoms with Crippen LogP contribution in [0.2, 0.25) is 0 Å². The average molecular weight is 174 g/mol. The Morgan fingerprint density at radius 2 is 2.50 bits per heavy atom. The second-order valence-corrected chi connectivity index (χ2v) is 2.70. The quantitative estimate of drug-likeness (QED) is 0.563. The van der Waals surface area contributed by atoms with Crippen molar-refractivity contribution in [1.29, 1.82) is 0 Å². The average Bonchev–Trinajstić information content (AvgIpc) is 2.05. The number of amides is 1. The van der Waals surface area contributed by atoms with E-state index in [2.05, 4.69) is 5.32 Å². The van der Waals surface area contributed by atoms with Crippen LogP contribution in [0.3, 0.4) is 0 Å². The van der Waals surface area contributed by atoms with E-state index in [1.165, 1.54) is 0 Å². The van der Waals surface area contributed by atoms with Crippen molar-refractivity contribution >= 4 is 5.91 Å². The number of hydrogen-bond acceptors (Lipinski definition) is 4. The minimum Gasteiger partial charge on any atom is -0.369 e. The monoisotopic (exact) mass is 174 g/mol. The highest BCUT2D eigenvalue weighted by atomic mass is 16.7. The highest BCUT2D eigenvalue weighted by Crippen LogP contribution is 2.03.